The van der Waals surface area contributed by atoms with Crippen molar-refractivity contribution in [1.29, 1.82) is 0 Å². The van der Waals surface area contributed by atoms with Crippen LogP contribution in [0.15, 0.2) is 17.1 Å². The summed E-state index contributed by atoms with van der Waals surface area (Å²) in [5.74, 6) is 2.11. The lowest BCUT2D eigenvalue weighted by Gasteiger charge is -2.31. The van der Waals surface area contributed by atoms with E-state index in [0.717, 1.165) is 17.9 Å². The number of methoxy groups -OCH3 is 2. The van der Waals surface area contributed by atoms with E-state index in [9.17, 15) is 0 Å². The second kappa shape index (κ2) is 6.52. The molecule has 2 aliphatic rings. The van der Waals surface area contributed by atoms with Gasteiger partial charge in [0.2, 0.25) is 0 Å². The first-order valence-corrected chi connectivity index (χ1v) is 8.43. The van der Waals surface area contributed by atoms with Crippen molar-refractivity contribution in [3.8, 4) is 11.5 Å². The van der Waals surface area contributed by atoms with Crippen molar-refractivity contribution in [1.82, 2.24) is 0 Å². The molecule has 1 fully saturated rings. The third kappa shape index (κ3) is 3.09. The Balaban J connectivity index is 1.87. The molecular formula is C19H27NO3. The Bertz CT molecular complexity index is 595. The lowest BCUT2D eigenvalue weighted by molar-refractivity contribution is 0.170. The van der Waals surface area contributed by atoms with Gasteiger partial charge in [0.05, 0.1) is 19.8 Å². The molecule has 23 heavy (non-hydrogen) atoms. The molecule has 0 aromatic heterocycles. The van der Waals surface area contributed by atoms with Gasteiger partial charge in [-0.05, 0) is 41.5 Å². The zero-order chi connectivity index (χ0) is 16.4. The van der Waals surface area contributed by atoms with Crippen LogP contribution in [-0.4, -0.2) is 39.7 Å². The Hall–Kier alpha value is -1.55. The quantitative estimate of drug-likeness (QED) is 0.749. The maximum Gasteiger partial charge on any atom is 0.161 e. The van der Waals surface area contributed by atoms with E-state index < -0.39 is 0 Å². The van der Waals surface area contributed by atoms with Gasteiger partial charge in [-0.2, -0.15) is 0 Å². The molecule has 0 saturated heterocycles. The van der Waals surface area contributed by atoms with Crippen LogP contribution >= 0.6 is 0 Å². The van der Waals surface area contributed by atoms with Crippen molar-refractivity contribution in [2.45, 2.75) is 45.1 Å². The summed E-state index contributed by atoms with van der Waals surface area (Å²) in [6.45, 7) is 5.99. The molecule has 0 N–H and O–H groups in total. The van der Waals surface area contributed by atoms with Gasteiger partial charge >= 0.3 is 0 Å². The van der Waals surface area contributed by atoms with Crippen LogP contribution in [0.3, 0.4) is 0 Å². The molecule has 0 amide bonds. The maximum atomic E-state index is 5.95. The van der Waals surface area contributed by atoms with E-state index in [1.165, 1.54) is 24.0 Å². The molecular weight excluding hydrogens is 290 g/mol. The zero-order valence-corrected chi connectivity index (χ0v) is 14.6. The molecule has 4 nitrogen and oxygen atoms in total. The Morgan fingerprint density at radius 3 is 2.74 bits per heavy atom. The molecule has 1 unspecified atom stereocenters. The van der Waals surface area contributed by atoms with Crippen molar-refractivity contribution in [3.05, 3.63) is 23.3 Å². The summed E-state index contributed by atoms with van der Waals surface area (Å²) < 4.78 is 16.5. The molecule has 1 aromatic rings. The topological polar surface area (TPSA) is 40.0 Å². The van der Waals surface area contributed by atoms with E-state index in [2.05, 4.69) is 26.0 Å². The van der Waals surface area contributed by atoms with Crippen molar-refractivity contribution in [3.63, 3.8) is 0 Å². The number of hydrogen-bond acceptors (Lipinski definition) is 4. The lowest BCUT2D eigenvalue weighted by atomic mass is 9.80. The molecule has 0 spiro atoms. The smallest absolute Gasteiger partial charge is 0.161 e. The van der Waals surface area contributed by atoms with Gasteiger partial charge in [-0.1, -0.05) is 13.8 Å². The number of aliphatic imine (C=N–C) groups is 1. The first-order chi connectivity index (χ1) is 11.1. The van der Waals surface area contributed by atoms with Crippen molar-refractivity contribution < 1.29 is 14.2 Å². The average Bonchev–Trinajstić information content (AvgIpc) is 2.86. The summed E-state index contributed by atoms with van der Waals surface area (Å²) in [5, 5.41) is 0. The molecule has 0 bridgehead atoms. The first-order valence-electron chi connectivity index (χ1n) is 8.43. The molecule has 126 valence electrons. The highest BCUT2D eigenvalue weighted by Crippen LogP contribution is 2.51. The van der Waals surface area contributed by atoms with E-state index in [4.69, 9.17) is 19.2 Å². The van der Waals surface area contributed by atoms with Gasteiger partial charge < -0.3 is 14.2 Å². The monoisotopic (exact) mass is 317 g/mol. The summed E-state index contributed by atoms with van der Waals surface area (Å²) in [7, 11) is 3.39. The molecule has 1 heterocycles. The molecule has 0 radical (unpaired) electrons. The van der Waals surface area contributed by atoms with Gasteiger partial charge in [0.25, 0.3) is 0 Å². The highest BCUT2D eigenvalue weighted by atomic mass is 16.5. The fourth-order valence-corrected chi connectivity index (χ4v) is 3.85. The zero-order valence-electron chi connectivity index (χ0n) is 14.6. The fourth-order valence-electron chi connectivity index (χ4n) is 3.85. The highest BCUT2D eigenvalue weighted by Gasteiger charge is 2.44. The van der Waals surface area contributed by atoms with Crippen LogP contribution in [0.4, 0.5) is 0 Å². The van der Waals surface area contributed by atoms with E-state index >= 15 is 0 Å². The Labute approximate surface area is 138 Å². The van der Waals surface area contributed by atoms with Crippen LogP contribution in [-0.2, 0) is 4.74 Å². The number of hydrogen-bond donors (Lipinski definition) is 0. The third-order valence-corrected chi connectivity index (χ3v) is 5.17. The predicted octanol–water partition coefficient (Wildman–Crippen LogP) is 3.82. The molecule has 1 aliphatic carbocycles. The molecule has 4 heteroatoms. The standard InChI is InChI=1S/C19H27NO3/c1-19(2)7-6-14-15-11-17(23-9-5-8-21-3)16(22-4)10-13(15)12-20-18(14)19/h10-12,14,18H,5-9H2,1-4H3/t14-,18?/m1/s1. The number of rotatable bonds is 6. The largest absolute Gasteiger partial charge is 0.493 e. The van der Waals surface area contributed by atoms with Crippen molar-refractivity contribution >= 4 is 6.21 Å². The molecule has 1 saturated carbocycles. The minimum absolute atomic E-state index is 0.276. The van der Waals surface area contributed by atoms with Crippen LogP contribution in [0.25, 0.3) is 0 Å². The summed E-state index contributed by atoms with van der Waals surface area (Å²) in [4.78, 5) is 4.84. The lowest BCUT2D eigenvalue weighted by Crippen LogP contribution is -2.28. The number of nitrogens with zero attached hydrogens (tertiary/aromatic N) is 1. The fraction of sp³-hybridized carbons (Fsp3) is 0.632. The Morgan fingerprint density at radius 1 is 1.17 bits per heavy atom. The van der Waals surface area contributed by atoms with Crippen LogP contribution in [0.2, 0.25) is 0 Å². The van der Waals surface area contributed by atoms with Crippen LogP contribution in [0.1, 0.15) is 50.2 Å². The number of ether oxygens (including phenoxy) is 3. The SMILES string of the molecule is COCCCOc1cc2c(cc1OC)C=NC1[C@@H]2CCC1(C)C. The number of fused-ring (bicyclic) bond motifs is 3. The number of benzene rings is 1. The van der Waals surface area contributed by atoms with Gasteiger partial charge in [0, 0.05) is 32.3 Å². The van der Waals surface area contributed by atoms with Gasteiger partial charge in [0.1, 0.15) is 0 Å². The molecule has 3 rings (SSSR count). The average molecular weight is 317 g/mol. The minimum atomic E-state index is 0.276. The maximum absolute atomic E-state index is 5.95. The van der Waals surface area contributed by atoms with Crippen LogP contribution in [0, 0.1) is 5.41 Å². The normalized spacial score (nSPS) is 24.2. The van der Waals surface area contributed by atoms with Crippen molar-refractivity contribution in [2.75, 3.05) is 27.4 Å². The predicted molar refractivity (Wildman–Crippen MR) is 92.1 cm³/mol. The highest BCUT2D eigenvalue weighted by molar-refractivity contribution is 5.85. The van der Waals surface area contributed by atoms with Gasteiger partial charge in [-0.3, -0.25) is 4.99 Å². The summed E-state index contributed by atoms with van der Waals surface area (Å²) in [6.07, 6.45) is 5.30. The molecule has 1 aliphatic heterocycles. The van der Waals surface area contributed by atoms with Gasteiger partial charge in [-0.25, -0.2) is 0 Å². The van der Waals surface area contributed by atoms with Crippen molar-refractivity contribution in [2.24, 2.45) is 10.4 Å². The Morgan fingerprint density at radius 2 is 2.00 bits per heavy atom. The first kappa shape index (κ1) is 16.3. The van der Waals surface area contributed by atoms with Crippen LogP contribution in [0.5, 0.6) is 11.5 Å². The van der Waals surface area contributed by atoms with E-state index in [1.54, 1.807) is 14.2 Å². The molecule has 2 atom stereocenters. The summed E-state index contributed by atoms with van der Waals surface area (Å²) >= 11 is 0. The second-order valence-electron chi connectivity index (χ2n) is 7.18. The van der Waals surface area contributed by atoms with Gasteiger partial charge in [-0.15, -0.1) is 0 Å². The summed E-state index contributed by atoms with van der Waals surface area (Å²) in [5.41, 5.74) is 2.81. The third-order valence-electron chi connectivity index (χ3n) is 5.17. The van der Waals surface area contributed by atoms with E-state index in [-0.39, 0.29) is 5.41 Å². The summed E-state index contributed by atoms with van der Waals surface area (Å²) in [6, 6.07) is 4.61. The van der Waals surface area contributed by atoms with E-state index in [0.29, 0.717) is 25.2 Å². The molecule has 1 aromatic carbocycles. The minimum Gasteiger partial charge on any atom is -0.493 e. The second-order valence-corrected chi connectivity index (χ2v) is 7.18. The van der Waals surface area contributed by atoms with Crippen LogP contribution < -0.4 is 9.47 Å². The Kier molecular flexibility index (Phi) is 4.62. The van der Waals surface area contributed by atoms with E-state index in [1.807, 2.05) is 6.21 Å². The van der Waals surface area contributed by atoms with Gasteiger partial charge in [0.15, 0.2) is 11.5 Å².